The van der Waals surface area contributed by atoms with Gasteiger partial charge in [-0.15, -0.1) is 0 Å². The number of hydrogen-bond donors (Lipinski definition) is 3. The Morgan fingerprint density at radius 3 is 2.73 bits per heavy atom. The molecule has 0 unspecified atom stereocenters. The molecule has 4 aromatic heterocycles. The SMILES string of the molecule is CCC(=O)Nc1cncc(-c2ccc3[nH]nc(-c4nc5c(-c6ccccc6F)ccnc5[nH]4)c3c2F)c1. The minimum atomic E-state index is -0.523. The van der Waals surface area contributed by atoms with E-state index in [9.17, 15) is 9.18 Å². The van der Waals surface area contributed by atoms with Crippen molar-refractivity contribution in [3.63, 3.8) is 0 Å². The summed E-state index contributed by atoms with van der Waals surface area (Å²) in [4.78, 5) is 28.0. The van der Waals surface area contributed by atoms with Gasteiger partial charge in [-0.25, -0.2) is 18.7 Å². The van der Waals surface area contributed by atoms with E-state index in [1.165, 1.54) is 18.5 Å². The number of hydrogen-bond acceptors (Lipinski definition) is 5. The smallest absolute Gasteiger partial charge is 0.224 e. The number of carbonyl (C=O) groups excluding carboxylic acids is 1. The largest absolute Gasteiger partial charge is 0.325 e. The summed E-state index contributed by atoms with van der Waals surface area (Å²) in [5.74, 6) is -0.785. The maximum Gasteiger partial charge on any atom is 0.224 e. The van der Waals surface area contributed by atoms with Crippen molar-refractivity contribution in [1.29, 1.82) is 0 Å². The predicted molar refractivity (Wildman–Crippen MR) is 136 cm³/mol. The molecule has 6 aromatic rings. The van der Waals surface area contributed by atoms with Gasteiger partial charge in [-0.05, 0) is 30.3 Å². The summed E-state index contributed by atoms with van der Waals surface area (Å²) in [7, 11) is 0. The van der Waals surface area contributed by atoms with Crippen LogP contribution in [0.4, 0.5) is 14.5 Å². The normalized spacial score (nSPS) is 11.3. The molecule has 0 saturated heterocycles. The van der Waals surface area contributed by atoms with Gasteiger partial charge in [0, 0.05) is 41.1 Å². The molecule has 182 valence electrons. The zero-order chi connectivity index (χ0) is 25.5. The number of halogens is 2. The van der Waals surface area contributed by atoms with E-state index in [1.54, 1.807) is 55.6 Å². The van der Waals surface area contributed by atoms with E-state index in [0.717, 1.165) is 0 Å². The lowest BCUT2D eigenvalue weighted by molar-refractivity contribution is -0.115. The molecule has 2 aromatic carbocycles. The Balaban J connectivity index is 1.48. The predicted octanol–water partition coefficient (Wildman–Crippen LogP) is 5.86. The Hall–Kier alpha value is -4.99. The standard InChI is InChI=1S/C27H19F2N7O/c1-2-21(37)32-15-11-14(12-30-13-15)16-7-8-20-22(23(16)29)25(36-35-20)27-33-24-18(9-10-31-26(24)34-27)17-5-3-4-6-19(17)28/h3-13H,2H2,1H3,(H,32,37)(H,35,36)(H,31,33,34). The van der Waals surface area contributed by atoms with E-state index in [0.29, 0.717) is 45.5 Å². The Kier molecular flexibility index (Phi) is 5.41. The maximum absolute atomic E-state index is 16.0. The number of benzene rings is 2. The average Bonchev–Trinajstić information content (AvgIpc) is 3.54. The Morgan fingerprint density at radius 1 is 1.03 bits per heavy atom. The van der Waals surface area contributed by atoms with Crippen molar-refractivity contribution in [2.45, 2.75) is 13.3 Å². The van der Waals surface area contributed by atoms with Gasteiger partial charge >= 0.3 is 0 Å². The van der Waals surface area contributed by atoms with Crippen LogP contribution >= 0.6 is 0 Å². The van der Waals surface area contributed by atoms with Gasteiger partial charge in [-0.1, -0.05) is 25.1 Å². The number of pyridine rings is 2. The van der Waals surface area contributed by atoms with Crippen molar-refractivity contribution in [3.05, 3.63) is 78.8 Å². The molecule has 0 bridgehead atoms. The number of anilines is 1. The molecule has 3 N–H and O–H groups in total. The molecule has 0 aliphatic heterocycles. The molecule has 0 saturated carbocycles. The molecule has 0 fully saturated rings. The van der Waals surface area contributed by atoms with Crippen molar-refractivity contribution in [1.82, 2.24) is 30.1 Å². The van der Waals surface area contributed by atoms with Crippen molar-refractivity contribution in [2.75, 3.05) is 5.32 Å². The molecule has 37 heavy (non-hydrogen) atoms. The summed E-state index contributed by atoms with van der Waals surface area (Å²) in [5.41, 5.74) is 3.80. The van der Waals surface area contributed by atoms with Crippen LogP contribution in [0.3, 0.4) is 0 Å². The average molecular weight is 495 g/mol. The lowest BCUT2D eigenvalue weighted by Gasteiger charge is -2.08. The van der Waals surface area contributed by atoms with E-state index >= 15 is 4.39 Å². The zero-order valence-corrected chi connectivity index (χ0v) is 19.5. The summed E-state index contributed by atoms with van der Waals surface area (Å²) < 4.78 is 30.5. The van der Waals surface area contributed by atoms with Gasteiger partial charge in [0.2, 0.25) is 5.91 Å². The van der Waals surface area contributed by atoms with E-state index in [1.807, 2.05) is 0 Å². The monoisotopic (exact) mass is 495 g/mol. The molecule has 10 heteroatoms. The van der Waals surface area contributed by atoms with Crippen LogP contribution in [-0.2, 0) is 4.79 Å². The number of carbonyl (C=O) groups is 1. The molecule has 6 rings (SSSR count). The van der Waals surface area contributed by atoms with E-state index < -0.39 is 5.82 Å². The lowest BCUT2D eigenvalue weighted by atomic mass is 10.0. The van der Waals surface area contributed by atoms with Crippen LogP contribution in [0.25, 0.3) is 55.8 Å². The van der Waals surface area contributed by atoms with E-state index in [2.05, 4.69) is 35.5 Å². The van der Waals surface area contributed by atoms with Crippen LogP contribution in [0.1, 0.15) is 13.3 Å². The number of nitrogens with zero attached hydrogens (tertiary/aromatic N) is 4. The quantitative estimate of drug-likeness (QED) is 0.277. The number of nitrogens with one attached hydrogen (secondary N) is 3. The summed E-state index contributed by atoms with van der Waals surface area (Å²) in [6, 6.07) is 13.1. The van der Waals surface area contributed by atoms with Crippen molar-refractivity contribution in [2.24, 2.45) is 0 Å². The molecule has 0 aliphatic carbocycles. The number of rotatable bonds is 5. The van der Waals surface area contributed by atoms with Gasteiger partial charge in [-0.3, -0.25) is 14.9 Å². The molecular weight excluding hydrogens is 476 g/mol. The third kappa shape index (κ3) is 3.88. The second kappa shape index (κ2) is 8.90. The lowest BCUT2D eigenvalue weighted by Crippen LogP contribution is -2.09. The van der Waals surface area contributed by atoms with E-state index in [4.69, 9.17) is 0 Å². The third-order valence-electron chi connectivity index (χ3n) is 6.09. The zero-order valence-electron chi connectivity index (χ0n) is 19.5. The molecule has 4 heterocycles. The molecule has 0 atom stereocenters. The van der Waals surface area contributed by atoms with Crippen LogP contribution < -0.4 is 5.32 Å². The van der Waals surface area contributed by atoms with Gasteiger partial charge in [0.05, 0.1) is 22.8 Å². The van der Waals surface area contributed by atoms with Gasteiger partial charge in [-0.2, -0.15) is 5.10 Å². The Labute approximate surface area is 208 Å². The third-order valence-corrected chi connectivity index (χ3v) is 6.09. The summed E-state index contributed by atoms with van der Waals surface area (Å²) in [6.45, 7) is 1.74. The van der Waals surface area contributed by atoms with Gasteiger partial charge < -0.3 is 10.3 Å². The van der Waals surface area contributed by atoms with E-state index in [-0.39, 0.29) is 34.2 Å². The summed E-state index contributed by atoms with van der Waals surface area (Å²) >= 11 is 0. The number of aromatic amines is 2. The fourth-order valence-corrected chi connectivity index (χ4v) is 4.29. The highest BCUT2D eigenvalue weighted by molar-refractivity contribution is 5.98. The number of H-pyrrole nitrogens is 2. The van der Waals surface area contributed by atoms with Gasteiger partial charge in [0.25, 0.3) is 0 Å². The van der Waals surface area contributed by atoms with Gasteiger partial charge in [0.15, 0.2) is 11.5 Å². The first-order valence-electron chi connectivity index (χ1n) is 11.6. The topological polar surface area (TPSA) is 112 Å². The number of fused-ring (bicyclic) bond motifs is 2. The van der Waals surface area contributed by atoms with Crippen LogP contribution in [-0.4, -0.2) is 36.0 Å². The first-order valence-corrected chi connectivity index (χ1v) is 11.6. The molecular formula is C27H19F2N7O. The van der Waals surface area contributed by atoms with Crippen molar-refractivity contribution in [3.8, 4) is 33.8 Å². The molecule has 0 aliphatic rings. The first kappa shape index (κ1) is 22.5. The summed E-state index contributed by atoms with van der Waals surface area (Å²) in [5, 5.41) is 10.1. The maximum atomic E-state index is 16.0. The van der Waals surface area contributed by atoms with Crippen LogP contribution in [0.15, 0.2) is 67.1 Å². The fourth-order valence-electron chi connectivity index (χ4n) is 4.29. The molecule has 8 nitrogen and oxygen atoms in total. The first-order chi connectivity index (χ1) is 18.0. The highest BCUT2D eigenvalue weighted by atomic mass is 19.1. The van der Waals surface area contributed by atoms with Crippen LogP contribution in [0.2, 0.25) is 0 Å². The molecule has 0 spiro atoms. The van der Waals surface area contributed by atoms with Crippen LogP contribution in [0, 0.1) is 11.6 Å². The Morgan fingerprint density at radius 2 is 1.89 bits per heavy atom. The summed E-state index contributed by atoms with van der Waals surface area (Å²) in [6.07, 6.45) is 4.90. The minimum absolute atomic E-state index is 0.166. The number of imidazole rings is 1. The number of amides is 1. The molecule has 0 radical (unpaired) electrons. The van der Waals surface area contributed by atoms with Crippen LogP contribution in [0.5, 0.6) is 0 Å². The number of aromatic nitrogens is 6. The van der Waals surface area contributed by atoms with Crippen molar-refractivity contribution >= 4 is 33.7 Å². The second-order valence-corrected chi connectivity index (χ2v) is 8.41. The second-order valence-electron chi connectivity index (χ2n) is 8.41. The fraction of sp³-hybridized carbons (Fsp3) is 0.0741. The van der Waals surface area contributed by atoms with Crippen molar-refractivity contribution < 1.29 is 13.6 Å². The molecule has 1 amide bonds. The highest BCUT2D eigenvalue weighted by Crippen LogP contribution is 2.35. The highest BCUT2D eigenvalue weighted by Gasteiger charge is 2.21. The minimum Gasteiger partial charge on any atom is -0.325 e. The Bertz CT molecular complexity index is 1810. The van der Waals surface area contributed by atoms with Gasteiger partial charge in [0.1, 0.15) is 22.8 Å².